The third kappa shape index (κ3) is 3.39. The lowest BCUT2D eigenvalue weighted by atomic mass is 10.2. The zero-order valence-corrected chi connectivity index (χ0v) is 14.1. The van der Waals surface area contributed by atoms with Crippen LogP contribution in [0.3, 0.4) is 0 Å². The molecule has 0 aliphatic heterocycles. The number of pyridine rings is 1. The van der Waals surface area contributed by atoms with Crippen LogP contribution in [0.2, 0.25) is 5.02 Å². The van der Waals surface area contributed by atoms with Crippen molar-refractivity contribution in [1.29, 1.82) is 0 Å². The molecule has 122 valence electrons. The predicted octanol–water partition coefficient (Wildman–Crippen LogP) is 5.33. The summed E-state index contributed by atoms with van der Waals surface area (Å²) in [7, 11) is 0. The van der Waals surface area contributed by atoms with Gasteiger partial charge in [-0.15, -0.1) is 0 Å². The Morgan fingerprint density at radius 1 is 0.840 bits per heavy atom. The SMILES string of the molecule is Clc1ccc(Nc2ccc(-c3nccn3-c3ccccc3)cn2)cc1. The van der Waals surface area contributed by atoms with Crippen LogP contribution >= 0.6 is 11.6 Å². The van der Waals surface area contributed by atoms with Crippen molar-refractivity contribution >= 4 is 23.1 Å². The Morgan fingerprint density at radius 2 is 1.64 bits per heavy atom. The van der Waals surface area contributed by atoms with Crippen LogP contribution in [0.5, 0.6) is 0 Å². The summed E-state index contributed by atoms with van der Waals surface area (Å²) in [6.45, 7) is 0. The average molecular weight is 347 g/mol. The topological polar surface area (TPSA) is 42.7 Å². The van der Waals surface area contributed by atoms with Crippen LogP contribution in [-0.2, 0) is 0 Å². The fraction of sp³-hybridized carbons (Fsp3) is 0. The molecule has 0 fully saturated rings. The molecule has 0 unspecified atom stereocenters. The van der Waals surface area contributed by atoms with Crippen molar-refractivity contribution in [3.63, 3.8) is 0 Å². The number of imidazole rings is 1. The Kier molecular flexibility index (Phi) is 4.19. The molecule has 1 N–H and O–H groups in total. The number of para-hydroxylation sites is 1. The Balaban J connectivity index is 1.59. The summed E-state index contributed by atoms with van der Waals surface area (Å²) in [6, 6.07) is 21.6. The molecule has 0 atom stereocenters. The Labute approximate surface area is 150 Å². The van der Waals surface area contributed by atoms with Crippen LogP contribution in [0, 0.1) is 0 Å². The minimum absolute atomic E-state index is 0.710. The van der Waals surface area contributed by atoms with E-state index >= 15 is 0 Å². The van der Waals surface area contributed by atoms with E-state index in [9.17, 15) is 0 Å². The summed E-state index contributed by atoms with van der Waals surface area (Å²) in [5, 5.41) is 3.96. The number of aromatic nitrogens is 3. The van der Waals surface area contributed by atoms with E-state index in [0.29, 0.717) is 5.02 Å². The van der Waals surface area contributed by atoms with Gasteiger partial charge in [-0.2, -0.15) is 0 Å². The first-order valence-corrected chi connectivity index (χ1v) is 8.25. The number of nitrogens with one attached hydrogen (secondary N) is 1. The van der Waals surface area contributed by atoms with E-state index in [1.807, 2.05) is 71.6 Å². The molecule has 0 saturated heterocycles. The van der Waals surface area contributed by atoms with Crippen LogP contribution in [0.1, 0.15) is 0 Å². The van der Waals surface area contributed by atoms with Gasteiger partial charge in [-0.3, -0.25) is 4.57 Å². The Bertz CT molecular complexity index is 961. The Morgan fingerprint density at radius 3 is 2.36 bits per heavy atom. The van der Waals surface area contributed by atoms with Gasteiger partial charge < -0.3 is 5.32 Å². The van der Waals surface area contributed by atoms with Gasteiger partial charge in [0.05, 0.1) is 0 Å². The number of benzene rings is 2. The minimum Gasteiger partial charge on any atom is -0.340 e. The maximum absolute atomic E-state index is 5.91. The van der Waals surface area contributed by atoms with E-state index in [0.717, 1.165) is 28.6 Å². The molecule has 5 heteroatoms. The fourth-order valence-electron chi connectivity index (χ4n) is 2.60. The molecule has 2 aromatic carbocycles. The van der Waals surface area contributed by atoms with E-state index in [1.54, 1.807) is 6.20 Å². The van der Waals surface area contributed by atoms with Gasteiger partial charge in [0.25, 0.3) is 0 Å². The largest absolute Gasteiger partial charge is 0.340 e. The fourth-order valence-corrected chi connectivity index (χ4v) is 2.72. The summed E-state index contributed by atoms with van der Waals surface area (Å²) in [5.74, 6) is 1.63. The summed E-state index contributed by atoms with van der Waals surface area (Å²) in [4.78, 5) is 8.96. The second kappa shape index (κ2) is 6.79. The highest BCUT2D eigenvalue weighted by Crippen LogP contribution is 2.23. The van der Waals surface area contributed by atoms with E-state index in [-0.39, 0.29) is 0 Å². The van der Waals surface area contributed by atoms with Gasteiger partial charge in [0.2, 0.25) is 0 Å². The molecular weight excluding hydrogens is 332 g/mol. The van der Waals surface area contributed by atoms with E-state index < -0.39 is 0 Å². The van der Waals surface area contributed by atoms with Crippen molar-refractivity contribution in [2.75, 3.05) is 5.32 Å². The Hall–Kier alpha value is -3.11. The van der Waals surface area contributed by atoms with Crippen molar-refractivity contribution in [2.24, 2.45) is 0 Å². The number of hydrogen-bond acceptors (Lipinski definition) is 3. The summed E-state index contributed by atoms with van der Waals surface area (Å²) in [5.41, 5.74) is 2.96. The third-order valence-corrected chi connectivity index (χ3v) is 4.07. The highest BCUT2D eigenvalue weighted by Gasteiger charge is 2.08. The quantitative estimate of drug-likeness (QED) is 0.543. The number of nitrogens with zero attached hydrogens (tertiary/aromatic N) is 3. The van der Waals surface area contributed by atoms with Crippen molar-refractivity contribution < 1.29 is 0 Å². The lowest BCUT2D eigenvalue weighted by molar-refractivity contribution is 1.06. The molecule has 0 spiro atoms. The monoisotopic (exact) mass is 346 g/mol. The maximum atomic E-state index is 5.91. The first-order valence-electron chi connectivity index (χ1n) is 7.87. The van der Waals surface area contributed by atoms with E-state index in [1.165, 1.54) is 0 Å². The van der Waals surface area contributed by atoms with Crippen molar-refractivity contribution in [1.82, 2.24) is 14.5 Å². The highest BCUT2D eigenvalue weighted by atomic mass is 35.5. The number of rotatable bonds is 4. The number of anilines is 2. The van der Waals surface area contributed by atoms with Crippen LogP contribution in [0.25, 0.3) is 17.1 Å². The molecule has 2 aromatic heterocycles. The summed E-state index contributed by atoms with van der Waals surface area (Å²) < 4.78 is 2.04. The summed E-state index contributed by atoms with van der Waals surface area (Å²) in [6.07, 6.45) is 5.56. The lowest BCUT2D eigenvalue weighted by Crippen LogP contribution is -1.97. The third-order valence-electron chi connectivity index (χ3n) is 3.81. The molecule has 0 aliphatic carbocycles. The molecular formula is C20H15ClN4. The molecule has 0 saturated carbocycles. The standard InChI is InChI=1S/C20H15ClN4/c21-16-7-9-17(10-8-16)24-19-11-6-15(14-23-19)20-22-12-13-25(20)18-4-2-1-3-5-18/h1-14H,(H,23,24). The van der Waals surface area contributed by atoms with Gasteiger partial charge in [0, 0.05) is 40.6 Å². The molecule has 25 heavy (non-hydrogen) atoms. The van der Waals surface area contributed by atoms with Crippen LogP contribution < -0.4 is 5.32 Å². The molecule has 0 radical (unpaired) electrons. The van der Waals surface area contributed by atoms with Crippen molar-refractivity contribution in [2.45, 2.75) is 0 Å². The van der Waals surface area contributed by atoms with Crippen LogP contribution in [0.4, 0.5) is 11.5 Å². The zero-order chi connectivity index (χ0) is 17.1. The minimum atomic E-state index is 0.710. The molecule has 4 nitrogen and oxygen atoms in total. The van der Waals surface area contributed by atoms with Gasteiger partial charge in [-0.25, -0.2) is 9.97 Å². The van der Waals surface area contributed by atoms with Crippen LogP contribution in [-0.4, -0.2) is 14.5 Å². The van der Waals surface area contributed by atoms with E-state index in [2.05, 4.69) is 27.4 Å². The number of hydrogen-bond donors (Lipinski definition) is 1. The van der Waals surface area contributed by atoms with Gasteiger partial charge in [-0.05, 0) is 48.5 Å². The molecule has 4 rings (SSSR count). The lowest BCUT2D eigenvalue weighted by Gasteiger charge is -2.09. The van der Waals surface area contributed by atoms with E-state index in [4.69, 9.17) is 11.6 Å². The number of halogens is 1. The summed E-state index contributed by atoms with van der Waals surface area (Å²) >= 11 is 5.91. The molecule has 0 bridgehead atoms. The second-order valence-electron chi connectivity index (χ2n) is 5.52. The van der Waals surface area contributed by atoms with Crippen LogP contribution in [0.15, 0.2) is 85.3 Å². The normalized spacial score (nSPS) is 10.6. The first-order chi connectivity index (χ1) is 12.3. The smallest absolute Gasteiger partial charge is 0.146 e. The molecule has 0 amide bonds. The van der Waals surface area contributed by atoms with Gasteiger partial charge >= 0.3 is 0 Å². The first kappa shape index (κ1) is 15.4. The highest BCUT2D eigenvalue weighted by molar-refractivity contribution is 6.30. The average Bonchev–Trinajstić information content (AvgIpc) is 3.15. The maximum Gasteiger partial charge on any atom is 0.146 e. The van der Waals surface area contributed by atoms with Gasteiger partial charge in [0.15, 0.2) is 0 Å². The predicted molar refractivity (Wildman–Crippen MR) is 102 cm³/mol. The molecule has 4 aromatic rings. The second-order valence-corrected chi connectivity index (χ2v) is 5.96. The van der Waals surface area contributed by atoms with Gasteiger partial charge in [0.1, 0.15) is 11.6 Å². The van der Waals surface area contributed by atoms with Crippen molar-refractivity contribution in [3.05, 3.63) is 90.3 Å². The van der Waals surface area contributed by atoms with Crippen molar-refractivity contribution in [3.8, 4) is 17.1 Å². The molecule has 0 aliphatic rings. The zero-order valence-electron chi connectivity index (χ0n) is 13.3. The van der Waals surface area contributed by atoms with Gasteiger partial charge in [-0.1, -0.05) is 29.8 Å². The molecule has 2 heterocycles.